The van der Waals surface area contributed by atoms with Gasteiger partial charge in [0.15, 0.2) is 0 Å². The zero-order valence-corrected chi connectivity index (χ0v) is 15.1. The Balaban J connectivity index is 2.93. The Hall–Kier alpha value is -0.843. The molecule has 1 aromatic carbocycles. The second kappa shape index (κ2) is 8.35. The number of rotatable bonds is 8. The summed E-state index contributed by atoms with van der Waals surface area (Å²) in [5, 5.41) is 5.17. The van der Waals surface area contributed by atoms with Gasteiger partial charge in [0.25, 0.3) is 0 Å². The van der Waals surface area contributed by atoms with E-state index in [0.717, 1.165) is 36.4 Å². The van der Waals surface area contributed by atoms with Crippen LogP contribution in [0.4, 0.5) is 5.69 Å². The van der Waals surface area contributed by atoms with Gasteiger partial charge < -0.3 is 5.32 Å². The van der Waals surface area contributed by atoms with Crippen LogP contribution in [0.3, 0.4) is 0 Å². The van der Waals surface area contributed by atoms with Gasteiger partial charge in [-0.25, -0.2) is 0 Å². The highest BCUT2D eigenvalue weighted by Crippen LogP contribution is 2.11. The van der Waals surface area contributed by atoms with Crippen LogP contribution in [0, 0.1) is 0 Å². The average Bonchev–Trinajstić information content (AvgIpc) is 2.43. The van der Waals surface area contributed by atoms with Crippen molar-refractivity contribution < 1.29 is 0 Å². The Morgan fingerprint density at radius 3 is 1.84 bits per heavy atom. The maximum absolute atomic E-state index is 3.74. The molecule has 0 aromatic heterocycles. The van der Waals surface area contributed by atoms with Crippen LogP contribution in [0.1, 0.15) is 27.7 Å². The second-order valence-corrected chi connectivity index (χ2v) is 5.85. The van der Waals surface area contributed by atoms with Crippen molar-refractivity contribution in [3.63, 3.8) is 0 Å². The fraction of sp³-hybridized carbons (Fsp3) is 0.600. The molecule has 1 N–H and O–H groups in total. The lowest BCUT2D eigenvalue weighted by atomic mass is 10.3. The minimum atomic E-state index is 0.292. The summed E-state index contributed by atoms with van der Waals surface area (Å²) in [5.41, 5.74) is 1.29. The molecule has 0 aliphatic carbocycles. The van der Waals surface area contributed by atoms with E-state index >= 15 is 0 Å². The van der Waals surface area contributed by atoms with E-state index < -0.39 is 0 Å². The second-order valence-electron chi connectivity index (χ2n) is 4.78. The van der Waals surface area contributed by atoms with E-state index in [1.165, 1.54) is 10.9 Å². The molecule has 4 heteroatoms. The number of benzene rings is 1. The highest BCUT2D eigenvalue weighted by Gasteiger charge is 2.21. The summed E-state index contributed by atoms with van der Waals surface area (Å²) in [6.45, 7) is 13.2. The van der Waals surface area contributed by atoms with Gasteiger partial charge in [-0.3, -0.25) is 9.80 Å². The van der Waals surface area contributed by atoms with Crippen LogP contribution in [0.15, 0.2) is 24.3 Å². The summed E-state index contributed by atoms with van der Waals surface area (Å²) in [4.78, 5) is 4.95. The van der Waals surface area contributed by atoms with Crippen molar-refractivity contribution in [1.82, 2.24) is 9.80 Å². The normalized spacial score (nSPS) is 11.7. The number of nitrogens with zero attached hydrogens (tertiary/aromatic N) is 2. The fourth-order valence-electron chi connectivity index (χ4n) is 2.43. The molecule has 0 saturated heterocycles. The minimum absolute atomic E-state index is 0.292. The lowest BCUT2D eigenvalue weighted by molar-refractivity contribution is 0.0781. The van der Waals surface area contributed by atoms with Gasteiger partial charge in [0.05, 0.1) is 0 Å². The first-order valence-electron chi connectivity index (χ1n) is 7.48. The van der Waals surface area contributed by atoms with E-state index in [0.29, 0.717) is 6.29 Å². The van der Waals surface area contributed by atoms with Gasteiger partial charge in [-0.2, -0.15) is 0 Å². The topological polar surface area (TPSA) is 18.5 Å². The van der Waals surface area contributed by atoms with E-state index in [1.807, 2.05) is 0 Å². The molecule has 108 valence electrons. The van der Waals surface area contributed by atoms with Gasteiger partial charge in [-0.1, -0.05) is 45.9 Å². The van der Waals surface area contributed by atoms with Crippen molar-refractivity contribution in [1.29, 1.82) is 0 Å². The van der Waals surface area contributed by atoms with Gasteiger partial charge in [-0.05, 0) is 37.4 Å². The number of nitrogens with one attached hydrogen (secondary N) is 1. The summed E-state index contributed by atoms with van der Waals surface area (Å²) in [7, 11) is 1.08. The van der Waals surface area contributed by atoms with E-state index in [1.54, 1.807) is 0 Å². The molecule has 0 saturated carbocycles. The molecular formula is C15H29N3Si. The van der Waals surface area contributed by atoms with Crippen LogP contribution >= 0.6 is 0 Å². The molecule has 0 atom stereocenters. The third-order valence-corrected chi connectivity index (χ3v) is 4.62. The summed E-state index contributed by atoms with van der Waals surface area (Å²) >= 11 is 0. The predicted molar refractivity (Wildman–Crippen MR) is 89.3 cm³/mol. The van der Waals surface area contributed by atoms with Crippen LogP contribution in [0.25, 0.3) is 0 Å². The molecule has 0 heterocycles. The Labute approximate surface area is 121 Å². The number of hydrogen-bond acceptors (Lipinski definition) is 3. The molecule has 0 aliphatic rings. The van der Waals surface area contributed by atoms with E-state index in [-0.39, 0.29) is 0 Å². The Morgan fingerprint density at radius 1 is 0.947 bits per heavy atom. The van der Waals surface area contributed by atoms with Crippen molar-refractivity contribution in [3.05, 3.63) is 24.3 Å². The molecule has 3 nitrogen and oxygen atoms in total. The quantitative estimate of drug-likeness (QED) is 0.567. The summed E-state index contributed by atoms with van der Waals surface area (Å²) in [5.74, 6) is 0. The lowest BCUT2D eigenvalue weighted by Crippen LogP contribution is -2.53. The summed E-state index contributed by atoms with van der Waals surface area (Å²) < 4.78 is 0. The number of anilines is 1. The van der Waals surface area contributed by atoms with Crippen molar-refractivity contribution >= 4 is 21.1 Å². The van der Waals surface area contributed by atoms with E-state index in [2.05, 4.69) is 67.1 Å². The number of hydrogen-bond donors (Lipinski definition) is 1. The Bertz CT molecular complexity index is 350. The fourth-order valence-corrected chi connectivity index (χ4v) is 2.93. The number of para-hydroxylation sites is 1. The van der Waals surface area contributed by atoms with Crippen LogP contribution in [-0.2, 0) is 0 Å². The maximum Gasteiger partial charge on any atom is 0.137 e. The van der Waals surface area contributed by atoms with E-state index in [9.17, 15) is 0 Å². The molecule has 0 fully saturated rings. The zero-order valence-electron chi connectivity index (χ0n) is 13.1. The van der Waals surface area contributed by atoms with Crippen LogP contribution in [-0.4, -0.2) is 52.5 Å². The minimum Gasteiger partial charge on any atom is -0.357 e. The molecule has 19 heavy (non-hydrogen) atoms. The summed E-state index contributed by atoms with van der Waals surface area (Å²) in [6.07, 6.45) is 0.292. The maximum atomic E-state index is 3.74. The first-order valence-corrected chi connectivity index (χ1v) is 8.48. The standard InChI is InChI=1S/C15H29N3Si/c1-5-17(6-2)15(18(7-3)8-4)16-13-11-9-10-12-14(13)19/h9-12,15-16H,5-8H2,1-4,19H3. The third-order valence-electron chi connectivity index (χ3n) is 3.75. The van der Waals surface area contributed by atoms with Crippen LogP contribution < -0.4 is 10.5 Å². The SMILES string of the molecule is CCN(CC)C(Nc1ccccc1[SiH3])N(CC)CC. The molecular weight excluding hydrogens is 250 g/mol. The molecule has 0 radical (unpaired) electrons. The van der Waals surface area contributed by atoms with Crippen LogP contribution in [0.5, 0.6) is 0 Å². The highest BCUT2D eigenvalue weighted by atomic mass is 28.1. The Kier molecular flexibility index (Phi) is 7.13. The molecule has 0 spiro atoms. The summed E-state index contributed by atoms with van der Waals surface area (Å²) in [6, 6.07) is 8.65. The van der Waals surface area contributed by atoms with Gasteiger partial charge in [0.1, 0.15) is 6.29 Å². The van der Waals surface area contributed by atoms with Gasteiger partial charge in [0, 0.05) is 15.9 Å². The Morgan fingerprint density at radius 2 is 1.42 bits per heavy atom. The first-order chi connectivity index (χ1) is 9.17. The predicted octanol–water partition coefficient (Wildman–Crippen LogP) is 1.06. The third kappa shape index (κ3) is 4.33. The monoisotopic (exact) mass is 279 g/mol. The van der Waals surface area contributed by atoms with Crippen molar-refractivity contribution in [2.75, 3.05) is 31.5 Å². The molecule has 1 rings (SSSR count). The lowest BCUT2D eigenvalue weighted by Gasteiger charge is -2.39. The van der Waals surface area contributed by atoms with Gasteiger partial charge >= 0.3 is 0 Å². The molecule has 0 bridgehead atoms. The highest BCUT2D eigenvalue weighted by molar-refractivity contribution is 6.35. The van der Waals surface area contributed by atoms with Crippen LogP contribution in [0.2, 0.25) is 0 Å². The zero-order chi connectivity index (χ0) is 14.3. The smallest absolute Gasteiger partial charge is 0.137 e. The van der Waals surface area contributed by atoms with Crippen molar-refractivity contribution in [2.24, 2.45) is 0 Å². The largest absolute Gasteiger partial charge is 0.357 e. The van der Waals surface area contributed by atoms with Gasteiger partial charge in [-0.15, -0.1) is 0 Å². The molecule has 0 unspecified atom stereocenters. The van der Waals surface area contributed by atoms with Crippen molar-refractivity contribution in [2.45, 2.75) is 34.0 Å². The van der Waals surface area contributed by atoms with Crippen molar-refractivity contribution in [3.8, 4) is 0 Å². The molecule has 1 aromatic rings. The first kappa shape index (κ1) is 16.2. The van der Waals surface area contributed by atoms with Gasteiger partial charge in [0.2, 0.25) is 0 Å². The van der Waals surface area contributed by atoms with E-state index in [4.69, 9.17) is 0 Å². The molecule has 0 aliphatic heterocycles. The average molecular weight is 280 g/mol. The molecule has 0 amide bonds.